The Kier molecular flexibility index (Phi) is 3.63. The first-order valence-corrected chi connectivity index (χ1v) is 5.85. The number of nitrogens with zero attached hydrogens (tertiary/aromatic N) is 1. The van der Waals surface area contributed by atoms with Crippen LogP contribution in [0.4, 0.5) is 0 Å². The summed E-state index contributed by atoms with van der Waals surface area (Å²) in [5.74, 6) is 0.817. The molecule has 3 nitrogen and oxygen atoms in total. The molecule has 1 aromatic carbocycles. The lowest BCUT2D eigenvalue weighted by Gasteiger charge is -2.10. The number of aromatic nitrogens is 1. The van der Waals surface area contributed by atoms with Crippen LogP contribution < -0.4 is 4.74 Å². The fourth-order valence-corrected chi connectivity index (χ4v) is 1.69. The van der Waals surface area contributed by atoms with E-state index in [4.69, 9.17) is 16.3 Å². The SMILES string of the molecule is CC(=O)c1cccnc1Oc1cc(Cl)ccc1C. The molecule has 2 rings (SSSR count). The molecule has 0 unspecified atom stereocenters. The van der Waals surface area contributed by atoms with Crippen molar-refractivity contribution in [1.29, 1.82) is 0 Å². The van der Waals surface area contributed by atoms with Crippen molar-refractivity contribution in [3.05, 3.63) is 52.7 Å². The second-order valence-corrected chi connectivity index (χ2v) is 4.36. The fraction of sp³-hybridized carbons (Fsp3) is 0.143. The summed E-state index contributed by atoms with van der Waals surface area (Å²) in [6, 6.07) is 8.73. The Morgan fingerprint density at radius 2 is 2.11 bits per heavy atom. The molecule has 4 heteroatoms. The van der Waals surface area contributed by atoms with Gasteiger partial charge in [-0.25, -0.2) is 4.98 Å². The van der Waals surface area contributed by atoms with Gasteiger partial charge < -0.3 is 4.74 Å². The summed E-state index contributed by atoms with van der Waals surface area (Å²) in [5, 5.41) is 0.580. The molecule has 0 saturated carbocycles. The second-order valence-electron chi connectivity index (χ2n) is 3.92. The molecular weight excluding hydrogens is 250 g/mol. The maximum Gasteiger partial charge on any atom is 0.230 e. The van der Waals surface area contributed by atoms with Crippen LogP contribution in [0.5, 0.6) is 11.6 Å². The molecule has 0 atom stereocenters. The van der Waals surface area contributed by atoms with E-state index in [9.17, 15) is 4.79 Å². The zero-order valence-corrected chi connectivity index (χ0v) is 10.9. The zero-order chi connectivity index (χ0) is 13.1. The van der Waals surface area contributed by atoms with E-state index >= 15 is 0 Å². The van der Waals surface area contributed by atoms with E-state index in [-0.39, 0.29) is 5.78 Å². The molecule has 92 valence electrons. The minimum Gasteiger partial charge on any atom is -0.438 e. The van der Waals surface area contributed by atoms with E-state index in [0.717, 1.165) is 5.56 Å². The number of ketones is 1. The minimum atomic E-state index is -0.0854. The topological polar surface area (TPSA) is 39.2 Å². The largest absolute Gasteiger partial charge is 0.438 e. The van der Waals surface area contributed by atoms with E-state index < -0.39 is 0 Å². The molecule has 0 aliphatic rings. The van der Waals surface area contributed by atoms with Crippen molar-refractivity contribution in [1.82, 2.24) is 4.98 Å². The number of hydrogen-bond acceptors (Lipinski definition) is 3. The monoisotopic (exact) mass is 261 g/mol. The number of pyridine rings is 1. The van der Waals surface area contributed by atoms with Crippen LogP contribution in [0.25, 0.3) is 0 Å². The first-order chi connectivity index (χ1) is 8.58. The molecule has 0 bridgehead atoms. The van der Waals surface area contributed by atoms with Gasteiger partial charge in [-0.2, -0.15) is 0 Å². The molecule has 1 heterocycles. The highest BCUT2D eigenvalue weighted by atomic mass is 35.5. The van der Waals surface area contributed by atoms with E-state index in [0.29, 0.717) is 22.2 Å². The molecule has 0 spiro atoms. The molecule has 0 saturated heterocycles. The van der Waals surface area contributed by atoms with Gasteiger partial charge in [0.15, 0.2) is 5.78 Å². The highest BCUT2D eigenvalue weighted by Crippen LogP contribution is 2.28. The smallest absolute Gasteiger partial charge is 0.230 e. The average molecular weight is 262 g/mol. The normalized spacial score (nSPS) is 10.2. The molecule has 0 N–H and O–H groups in total. The maximum absolute atomic E-state index is 11.5. The van der Waals surface area contributed by atoms with Crippen molar-refractivity contribution in [2.24, 2.45) is 0 Å². The van der Waals surface area contributed by atoms with Crippen molar-refractivity contribution in [2.75, 3.05) is 0 Å². The Morgan fingerprint density at radius 3 is 2.83 bits per heavy atom. The van der Waals surface area contributed by atoms with Gasteiger partial charge in [-0.3, -0.25) is 4.79 Å². The summed E-state index contributed by atoms with van der Waals surface area (Å²) in [4.78, 5) is 15.5. The lowest BCUT2D eigenvalue weighted by Crippen LogP contribution is -1.99. The molecular formula is C14H12ClNO2. The average Bonchev–Trinajstić information content (AvgIpc) is 2.34. The third-order valence-electron chi connectivity index (χ3n) is 2.51. The molecule has 0 aliphatic carbocycles. The van der Waals surface area contributed by atoms with E-state index in [1.54, 1.807) is 30.5 Å². The van der Waals surface area contributed by atoms with E-state index in [2.05, 4.69) is 4.98 Å². The number of aryl methyl sites for hydroxylation is 1. The Balaban J connectivity index is 2.40. The maximum atomic E-state index is 11.5. The Hall–Kier alpha value is -1.87. The Labute approximate surface area is 110 Å². The number of carbonyl (C=O) groups excluding carboxylic acids is 1. The lowest BCUT2D eigenvalue weighted by molar-refractivity contribution is 0.101. The number of halogens is 1. The summed E-state index contributed by atoms with van der Waals surface area (Å²) < 4.78 is 5.67. The van der Waals surface area contributed by atoms with Gasteiger partial charge >= 0.3 is 0 Å². The quantitative estimate of drug-likeness (QED) is 0.783. The molecule has 0 aliphatic heterocycles. The number of benzene rings is 1. The van der Waals surface area contributed by atoms with Gasteiger partial charge in [0.2, 0.25) is 5.88 Å². The predicted molar refractivity (Wildman–Crippen MR) is 70.5 cm³/mol. The van der Waals surface area contributed by atoms with Crippen LogP contribution in [0.1, 0.15) is 22.8 Å². The van der Waals surface area contributed by atoms with Gasteiger partial charge in [0, 0.05) is 11.2 Å². The highest BCUT2D eigenvalue weighted by Gasteiger charge is 2.11. The van der Waals surface area contributed by atoms with Crippen molar-refractivity contribution in [3.63, 3.8) is 0 Å². The van der Waals surface area contributed by atoms with Gasteiger partial charge in [0.1, 0.15) is 5.75 Å². The van der Waals surface area contributed by atoms with E-state index in [1.165, 1.54) is 6.92 Å². The van der Waals surface area contributed by atoms with Crippen molar-refractivity contribution >= 4 is 17.4 Å². The van der Waals surface area contributed by atoms with Crippen molar-refractivity contribution in [2.45, 2.75) is 13.8 Å². The van der Waals surface area contributed by atoms with Crippen LogP contribution in [0.2, 0.25) is 5.02 Å². The Morgan fingerprint density at radius 1 is 1.33 bits per heavy atom. The molecule has 1 aromatic heterocycles. The lowest BCUT2D eigenvalue weighted by atomic mass is 10.2. The number of Topliss-reactive ketones (excluding diaryl/α,β-unsaturated/α-hetero) is 1. The summed E-state index contributed by atoms with van der Waals surface area (Å²) in [6.45, 7) is 3.39. The van der Waals surface area contributed by atoms with Crippen molar-refractivity contribution < 1.29 is 9.53 Å². The Bertz CT molecular complexity index is 596. The van der Waals surface area contributed by atoms with Gasteiger partial charge in [0.25, 0.3) is 0 Å². The molecule has 18 heavy (non-hydrogen) atoms. The van der Waals surface area contributed by atoms with Crippen molar-refractivity contribution in [3.8, 4) is 11.6 Å². The van der Waals surface area contributed by atoms with Gasteiger partial charge in [-0.05, 0) is 43.7 Å². The summed E-state index contributed by atoms with van der Waals surface area (Å²) in [5.41, 5.74) is 1.39. The molecule has 0 radical (unpaired) electrons. The van der Waals surface area contributed by atoms with Crippen LogP contribution >= 0.6 is 11.6 Å². The predicted octanol–water partition coefficient (Wildman–Crippen LogP) is 4.04. The summed E-state index contributed by atoms with van der Waals surface area (Å²) >= 11 is 5.92. The van der Waals surface area contributed by atoms with Crippen LogP contribution in [0.15, 0.2) is 36.5 Å². The second kappa shape index (κ2) is 5.19. The van der Waals surface area contributed by atoms with Gasteiger partial charge in [-0.15, -0.1) is 0 Å². The first kappa shape index (κ1) is 12.6. The number of ether oxygens (including phenoxy) is 1. The molecule has 0 fully saturated rings. The highest BCUT2D eigenvalue weighted by molar-refractivity contribution is 6.30. The number of hydrogen-bond donors (Lipinski definition) is 0. The number of carbonyl (C=O) groups is 1. The van der Waals surface area contributed by atoms with Crippen LogP contribution in [-0.4, -0.2) is 10.8 Å². The standard InChI is InChI=1S/C14H12ClNO2/c1-9-5-6-11(15)8-13(9)18-14-12(10(2)17)4-3-7-16-14/h3-8H,1-2H3. The third kappa shape index (κ3) is 2.68. The summed E-state index contributed by atoms with van der Waals surface area (Å²) in [6.07, 6.45) is 1.58. The fourth-order valence-electron chi connectivity index (χ4n) is 1.53. The molecule has 2 aromatic rings. The van der Waals surface area contributed by atoms with E-state index in [1.807, 2.05) is 13.0 Å². The van der Waals surface area contributed by atoms with Gasteiger partial charge in [0.05, 0.1) is 5.56 Å². The number of rotatable bonds is 3. The first-order valence-electron chi connectivity index (χ1n) is 5.48. The van der Waals surface area contributed by atoms with Gasteiger partial charge in [-0.1, -0.05) is 17.7 Å². The van der Waals surface area contributed by atoms with Crippen LogP contribution in [-0.2, 0) is 0 Å². The van der Waals surface area contributed by atoms with Crippen LogP contribution in [0.3, 0.4) is 0 Å². The minimum absolute atomic E-state index is 0.0854. The summed E-state index contributed by atoms with van der Waals surface area (Å²) in [7, 11) is 0. The molecule has 0 amide bonds. The van der Waals surface area contributed by atoms with Crippen LogP contribution in [0, 0.1) is 6.92 Å². The third-order valence-corrected chi connectivity index (χ3v) is 2.74. The zero-order valence-electron chi connectivity index (χ0n) is 10.1.